The molecule has 1 amide bonds. The minimum absolute atomic E-state index is 0.117. The van der Waals surface area contributed by atoms with E-state index in [0.717, 1.165) is 11.6 Å². The molecular formula is C13H12FN3O. The number of benzene rings is 1. The molecule has 0 spiro atoms. The second kappa shape index (κ2) is 4.83. The van der Waals surface area contributed by atoms with Crippen LogP contribution in [0.5, 0.6) is 0 Å². The van der Waals surface area contributed by atoms with Crippen molar-refractivity contribution in [3.05, 3.63) is 53.6 Å². The molecule has 18 heavy (non-hydrogen) atoms. The summed E-state index contributed by atoms with van der Waals surface area (Å²) in [4.78, 5) is 15.9. The van der Waals surface area contributed by atoms with Gasteiger partial charge in [-0.1, -0.05) is 0 Å². The number of hydrogen-bond acceptors (Lipinski definition) is 3. The molecule has 2 aromatic rings. The van der Waals surface area contributed by atoms with Crippen LogP contribution in [-0.2, 0) is 0 Å². The molecule has 4 nitrogen and oxygen atoms in total. The van der Waals surface area contributed by atoms with Crippen molar-refractivity contribution in [3.63, 3.8) is 0 Å². The van der Waals surface area contributed by atoms with Crippen molar-refractivity contribution in [1.29, 1.82) is 0 Å². The molecule has 0 saturated carbocycles. The van der Waals surface area contributed by atoms with Crippen LogP contribution in [0.4, 0.5) is 15.8 Å². The largest absolute Gasteiger partial charge is 0.398 e. The van der Waals surface area contributed by atoms with Gasteiger partial charge in [0.2, 0.25) is 0 Å². The number of nitrogens with zero attached hydrogens (tertiary/aromatic N) is 1. The second-order valence-corrected chi connectivity index (χ2v) is 3.88. The number of carbonyl (C=O) groups is 1. The third kappa shape index (κ3) is 2.45. The first kappa shape index (κ1) is 12.0. The molecule has 92 valence electrons. The van der Waals surface area contributed by atoms with E-state index in [-0.39, 0.29) is 11.3 Å². The number of rotatable bonds is 2. The molecule has 1 aromatic carbocycles. The summed E-state index contributed by atoms with van der Waals surface area (Å²) in [6.07, 6.45) is 3.20. The topological polar surface area (TPSA) is 68.0 Å². The molecule has 0 atom stereocenters. The van der Waals surface area contributed by atoms with Crippen LogP contribution in [0.15, 0.2) is 36.7 Å². The maximum Gasteiger partial charge on any atom is 0.257 e. The molecule has 0 fully saturated rings. The van der Waals surface area contributed by atoms with Gasteiger partial charge in [-0.2, -0.15) is 0 Å². The fourth-order valence-corrected chi connectivity index (χ4v) is 1.53. The Bertz CT molecular complexity index is 599. The highest BCUT2D eigenvalue weighted by Gasteiger charge is 2.11. The molecule has 0 radical (unpaired) electrons. The number of nitrogens with two attached hydrogens (primary N) is 1. The lowest BCUT2D eigenvalue weighted by atomic mass is 10.1. The summed E-state index contributed by atoms with van der Waals surface area (Å²) >= 11 is 0. The number of halogens is 1. The van der Waals surface area contributed by atoms with Crippen LogP contribution in [0, 0.1) is 12.7 Å². The van der Waals surface area contributed by atoms with E-state index in [9.17, 15) is 9.18 Å². The van der Waals surface area contributed by atoms with Crippen LogP contribution in [0.25, 0.3) is 0 Å². The summed E-state index contributed by atoms with van der Waals surface area (Å²) in [5.41, 5.74) is 7.44. The first-order valence-electron chi connectivity index (χ1n) is 5.35. The highest BCUT2D eigenvalue weighted by molar-refractivity contribution is 6.07. The van der Waals surface area contributed by atoms with Gasteiger partial charge in [0.1, 0.15) is 5.82 Å². The van der Waals surface area contributed by atoms with Crippen LogP contribution in [0.2, 0.25) is 0 Å². The normalized spacial score (nSPS) is 10.1. The highest BCUT2D eigenvalue weighted by Crippen LogP contribution is 2.17. The number of aromatic nitrogens is 1. The van der Waals surface area contributed by atoms with Gasteiger partial charge in [0.25, 0.3) is 5.91 Å². The highest BCUT2D eigenvalue weighted by atomic mass is 19.1. The van der Waals surface area contributed by atoms with E-state index in [1.807, 2.05) is 6.92 Å². The summed E-state index contributed by atoms with van der Waals surface area (Å²) in [6.45, 7) is 1.82. The molecule has 5 heteroatoms. The molecule has 0 aliphatic carbocycles. The van der Waals surface area contributed by atoms with Gasteiger partial charge in [-0.3, -0.25) is 9.78 Å². The predicted octanol–water partition coefficient (Wildman–Crippen LogP) is 2.36. The summed E-state index contributed by atoms with van der Waals surface area (Å²) in [7, 11) is 0. The third-order valence-electron chi connectivity index (χ3n) is 2.53. The monoisotopic (exact) mass is 245 g/mol. The third-order valence-corrected chi connectivity index (χ3v) is 2.53. The van der Waals surface area contributed by atoms with Crippen LogP contribution in [0.3, 0.4) is 0 Å². The Morgan fingerprint density at radius 2 is 2.17 bits per heavy atom. The zero-order valence-electron chi connectivity index (χ0n) is 9.77. The smallest absolute Gasteiger partial charge is 0.257 e. The molecule has 2 rings (SSSR count). The van der Waals surface area contributed by atoms with Crippen LogP contribution in [0.1, 0.15) is 15.9 Å². The number of carbonyl (C=O) groups excluding carboxylic acids is 1. The summed E-state index contributed by atoms with van der Waals surface area (Å²) in [5.74, 6) is -0.942. The van der Waals surface area contributed by atoms with Gasteiger partial charge in [-0.05, 0) is 36.8 Å². The van der Waals surface area contributed by atoms with E-state index in [1.54, 1.807) is 18.5 Å². The minimum atomic E-state index is -0.499. The average Bonchev–Trinajstić information content (AvgIpc) is 2.35. The van der Waals surface area contributed by atoms with Gasteiger partial charge in [0.15, 0.2) is 0 Å². The maximum atomic E-state index is 13.1. The Kier molecular flexibility index (Phi) is 3.23. The van der Waals surface area contributed by atoms with Crippen molar-refractivity contribution in [2.45, 2.75) is 6.92 Å². The molecule has 3 N–H and O–H groups in total. The lowest BCUT2D eigenvalue weighted by molar-refractivity contribution is 0.102. The Hall–Kier alpha value is -2.43. The number of anilines is 2. The van der Waals surface area contributed by atoms with Crippen molar-refractivity contribution in [1.82, 2.24) is 4.98 Å². The Morgan fingerprint density at radius 3 is 2.89 bits per heavy atom. The fourth-order valence-electron chi connectivity index (χ4n) is 1.53. The lowest BCUT2D eigenvalue weighted by Crippen LogP contribution is -2.15. The van der Waals surface area contributed by atoms with Crippen LogP contribution in [-0.4, -0.2) is 10.9 Å². The first-order chi connectivity index (χ1) is 8.58. The van der Waals surface area contributed by atoms with E-state index in [0.29, 0.717) is 5.69 Å². The quantitative estimate of drug-likeness (QED) is 0.798. The Labute approximate surface area is 104 Å². The van der Waals surface area contributed by atoms with Gasteiger partial charge in [0.05, 0.1) is 5.56 Å². The predicted molar refractivity (Wildman–Crippen MR) is 67.7 cm³/mol. The van der Waals surface area contributed by atoms with Crippen LogP contribution >= 0.6 is 0 Å². The van der Waals surface area contributed by atoms with Gasteiger partial charge in [0, 0.05) is 23.8 Å². The molecule has 1 heterocycles. The average molecular weight is 245 g/mol. The molecule has 0 aliphatic heterocycles. The van der Waals surface area contributed by atoms with Gasteiger partial charge >= 0.3 is 0 Å². The van der Waals surface area contributed by atoms with Gasteiger partial charge in [-0.25, -0.2) is 4.39 Å². The zero-order valence-corrected chi connectivity index (χ0v) is 9.77. The second-order valence-electron chi connectivity index (χ2n) is 3.88. The van der Waals surface area contributed by atoms with Crippen molar-refractivity contribution in [2.24, 2.45) is 0 Å². The fraction of sp³-hybridized carbons (Fsp3) is 0.0769. The Balaban J connectivity index is 2.28. The van der Waals surface area contributed by atoms with E-state index < -0.39 is 11.7 Å². The van der Waals surface area contributed by atoms with Crippen molar-refractivity contribution in [2.75, 3.05) is 11.1 Å². The number of hydrogen-bond donors (Lipinski definition) is 2. The van der Waals surface area contributed by atoms with Gasteiger partial charge < -0.3 is 11.1 Å². The number of nitrogen functional groups attached to an aromatic ring is 1. The van der Waals surface area contributed by atoms with E-state index in [2.05, 4.69) is 10.3 Å². The summed E-state index contributed by atoms with van der Waals surface area (Å²) < 4.78 is 13.1. The Morgan fingerprint density at radius 1 is 1.39 bits per heavy atom. The number of amides is 1. The van der Waals surface area contributed by atoms with Crippen molar-refractivity contribution in [3.8, 4) is 0 Å². The molecule has 0 bridgehead atoms. The van der Waals surface area contributed by atoms with Crippen LogP contribution < -0.4 is 11.1 Å². The number of aryl methyl sites for hydroxylation is 1. The van der Waals surface area contributed by atoms with E-state index in [4.69, 9.17) is 5.73 Å². The molecule has 0 saturated heterocycles. The summed E-state index contributed by atoms with van der Waals surface area (Å²) in [6, 6.07) is 5.36. The lowest BCUT2D eigenvalue weighted by Gasteiger charge is -2.09. The molecular weight excluding hydrogens is 233 g/mol. The van der Waals surface area contributed by atoms with E-state index in [1.165, 1.54) is 12.1 Å². The maximum absolute atomic E-state index is 13.1. The standard InChI is InChI=1S/C13H12FN3O/c1-8-7-16-5-4-12(8)17-13(18)10-6-9(14)2-3-11(10)15/h2-7H,15H2,1H3,(H,16,17,18). The minimum Gasteiger partial charge on any atom is -0.398 e. The number of nitrogens with one attached hydrogen (secondary N) is 1. The number of pyridine rings is 1. The SMILES string of the molecule is Cc1cnccc1NC(=O)c1cc(F)ccc1N. The van der Waals surface area contributed by atoms with Gasteiger partial charge in [-0.15, -0.1) is 0 Å². The molecule has 0 aliphatic rings. The van der Waals surface area contributed by atoms with Crippen molar-refractivity contribution >= 4 is 17.3 Å². The zero-order chi connectivity index (χ0) is 13.1. The molecule has 0 unspecified atom stereocenters. The van der Waals surface area contributed by atoms with Crippen molar-refractivity contribution < 1.29 is 9.18 Å². The summed E-state index contributed by atoms with van der Waals surface area (Å²) in [5, 5.41) is 2.67. The molecule has 1 aromatic heterocycles. The first-order valence-corrected chi connectivity index (χ1v) is 5.35. The van der Waals surface area contributed by atoms with E-state index >= 15 is 0 Å².